The van der Waals surface area contributed by atoms with Crippen LogP contribution in [-0.4, -0.2) is 21.5 Å². The monoisotopic (exact) mass is 322 g/mol. The van der Waals surface area contributed by atoms with Crippen LogP contribution < -0.4 is 0 Å². The maximum Gasteiger partial charge on any atom is 0.173 e. The number of rotatable bonds is 4. The molecule has 0 atom stereocenters. The Morgan fingerprint density at radius 3 is 2.86 bits per heavy atom. The molecule has 0 bridgehead atoms. The molecule has 0 saturated heterocycles. The topological polar surface area (TPSA) is 42.9 Å². The van der Waals surface area contributed by atoms with Gasteiger partial charge in [-0.25, -0.2) is 18.7 Å². The van der Waals surface area contributed by atoms with E-state index in [9.17, 15) is 13.6 Å². The van der Waals surface area contributed by atoms with Crippen LogP contribution in [0.5, 0.6) is 0 Å². The fourth-order valence-electron chi connectivity index (χ4n) is 1.77. The number of carbonyl (C=O) groups is 1. The third kappa shape index (κ3) is 2.93. The van der Waals surface area contributed by atoms with Crippen LogP contribution in [0.4, 0.5) is 8.78 Å². The zero-order valence-corrected chi connectivity index (χ0v) is 12.2. The Morgan fingerprint density at radius 1 is 1.19 bits per heavy atom. The van der Waals surface area contributed by atoms with E-state index in [2.05, 4.69) is 9.97 Å². The minimum Gasteiger partial charge on any atom is -0.293 e. The van der Waals surface area contributed by atoms with Gasteiger partial charge in [0, 0.05) is 10.9 Å². The van der Waals surface area contributed by atoms with Gasteiger partial charge in [0.05, 0.1) is 5.75 Å². The van der Waals surface area contributed by atoms with Crippen LogP contribution in [0.25, 0.3) is 10.2 Å². The van der Waals surface area contributed by atoms with Gasteiger partial charge in [-0.3, -0.25) is 4.79 Å². The molecule has 0 aliphatic heterocycles. The highest BCUT2D eigenvalue weighted by Gasteiger charge is 2.12. The molecule has 0 spiro atoms. The number of nitrogens with zero attached hydrogens (tertiary/aromatic N) is 2. The van der Waals surface area contributed by atoms with Crippen molar-refractivity contribution in [3.8, 4) is 0 Å². The van der Waals surface area contributed by atoms with Crippen molar-refractivity contribution in [3.05, 3.63) is 53.2 Å². The minimum atomic E-state index is -1.02. The van der Waals surface area contributed by atoms with Crippen LogP contribution in [0.15, 0.2) is 41.0 Å². The second kappa shape index (κ2) is 5.87. The number of thioether (sulfide) groups is 1. The summed E-state index contributed by atoms with van der Waals surface area (Å²) in [5.74, 6) is -2.16. The maximum atomic E-state index is 13.1. The van der Waals surface area contributed by atoms with Gasteiger partial charge in [0.1, 0.15) is 16.2 Å². The molecule has 0 N–H and O–H groups in total. The first-order valence-corrected chi connectivity index (χ1v) is 7.81. The largest absolute Gasteiger partial charge is 0.293 e. The Hall–Kier alpha value is -1.86. The standard InChI is InChI=1S/C14H8F2N2OS2/c15-10-2-1-8(5-11(10)16)12(19)6-21-14-9-3-4-20-13(9)17-7-18-14/h1-5,7H,6H2. The van der Waals surface area contributed by atoms with Crippen molar-refractivity contribution >= 4 is 39.1 Å². The van der Waals surface area contributed by atoms with Crippen molar-refractivity contribution < 1.29 is 13.6 Å². The molecule has 3 aromatic rings. The van der Waals surface area contributed by atoms with E-state index >= 15 is 0 Å². The second-order valence-corrected chi connectivity index (χ2v) is 6.02. The van der Waals surface area contributed by atoms with Crippen LogP contribution >= 0.6 is 23.1 Å². The van der Waals surface area contributed by atoms with Gasteiger partial charge in [-0.1, -0.05) is 11.8 Å². The third-order valence-electron chi connectivity index (χ3n) is 2.81. The molecule has 7 heteroatoms. The van der Waals surface area contributed by atoms with Gasteiger partial charge in [0.15, 0.2) is 17.4 Å². The lowest BCUT2D eigenvalue weighted by atomic mass is 10.1. The molecule has 106 valence electrons. The van der Waals surface area contributed by atoms with Gasteiger partial charge >= 0.3 is 0 Å². The number of thiophene rings is 1. The summed E-state index contributed by atoms with van der Waals surface area (Å²) >= 11 is 2.75. The quantitative estimate of drug-likeness (QED) is 0.414. The zero-order chi connectivity index (χ0) is 14.8. The van der Waals surface area contributed by atoms with Gasteiger partial charge in [-0.2, -0.15) is 0 Å². The Kier molecular flexibility index (Phi) is 3.94. The summed E-state index contributed by atoms with van der Waals surface area (Å²) in [5.41, 5.74) is 0.150. The third-order valence-corrected chi connectivity index (χ3v) is 4.63. The van der Waals surface area contributed by atoms with E-state index in [1.165, 1.54) is 35.5 Å². The second-order valence-electron chi connectivity index (χ2n) is 4.16. The molecule has 3 rings (SSSR count). The number of halogens is 2. The van der Waals surface area contributed by atoms with Gasteiger partial charge in [-0.15, -0.1) is 11.3 Å². The highest BCUT2D eigenvalue weighted by molar-refractivity contribution is 8.00. The molecule has 0 saturated carbocycles. The van der Waals surface area contributed by atoms with Crippen molar-refractivity contribution in [2.24, 2.45) is 0 Å². The number of ketones is 1. The van der Waals surface area contributed by atoms with Crippen molar-refractivity contribution in [2.45, 2.75) is 5.03 Å². The van der Waals surface area contributed by atoms with E-state index < -0.39 is 11.6 Å². The summed E-state index contributed by atoms with van der Waals surface area (Å²) in [7, 11) is 0. The van der Waals surface area contributed by atoms with Crippen molar-refractivity contribution in [3.63, 3.8) is 0 Å². The van der Waals surface area contributed by atoms with E-state index in [1.54, 1.807) is 0 Å². The van der Waals surface area contributed by atoms with E-state index in [1.807, 2.05) is 11.4 Å². The number of carbonyl (C=O) groups excluding carboxylic acids is 1. The molecule has 0 fully saturated rings. The zero-order valence-electron chi connectivity index (χ0n) is 10.5. The number of hydrogen-bond donors (Lipinski definition) is 0. The average molecular weight is 322 g/mol. The highest BCUT2D eigenvalue weighted by atomic mass is 32.2. The summed E-state index contributed by atoms with van der Waals surface area (Å²) in [6.45, 7) is 0. The summed E-state index contributed by atoms with van der Waals surface area (Å²) in [4.78, 5) is 21.1. The predicted octanol–water partition coefficient (Wildman–Crippen LogP) is 3.94. The number of aromatic nitrogens is 2. The molecule has 0 amide bonds. The molecule has 0 unspecified atom stereocenters. The first kappa shape index (κ1) is 14.1. The Balaban J connectivity index is 1.76. The smallest absolute Gasteiger partial charge is 0.173 e. The first-order chi connectivity index (χ1) is 10.1. The molecule has 0 aliphatic rings. The minimum absolute atomic E-state index is 0.104. The molecule has 0 aliphatic carbocycles. The number of benzene rings is 1. The van der Waals surface area contributed by atoms with Gasteiger partial charge in [0.2, 0.25) is 0 Å². The lowest BCUT2D eigenvalue weighted by Gasteiger charge is -2.03. The lowest BCUT2D eigenvalue weighted by Crippen LogP contribution is -2.04. The lowest BCUT2D eigenvalue weighted by molar-refractivity contribution is 0.102. The Morgan fingerprint density at radius 2 is 2.05 bits per heavy atom. The highest BCUT2D eigenvalue weighted by Crippen LogP contribution is 2.28. The van der Waals surface area contributed by atoms with Crippen LogP contribution in [0.3, 0.4) is 0 Å². The predicted molar refractivity (Wildman–Crippen MR) is 78.8 cm³/mol. The SMILES string of the molecule is O=C(CSc1ncnc2sccc12)c1ccc(F)c(F)c1. The van der Waals surface area contributed by atoms with E-state index in [-0.39, 0.29) is 17.1 Å². The summed E-state index contributed by atoms with van der Waals surface area (Å²) < 4.78 is 26.0. The van der Waals surface area contributed by atoms with Crippen LogP contribution in [0, 0.1) is 11.6 Å². The van der Waals surface area contributed by atoms with Crippen molar-refractivity contribution in [1.29, 1.82) is 0 Å². The molecule has 1 aromatic carbocycles. The molecule has 0 radical (unpaired) electrons. The van der Waals surface area contributed by atoms with Crippen LogP contribution in [0.2, 0.25) is 0 Å². The Bertz CT molecular complexity index is 820. The number of fused-ring (bicyclic) bond motifs is 1. The molecule has 3 nitrogen and oxygen atoms in total. The van der Waals surface area contributed by atoms with Gasteiger partial charge in [-0.05, 0) is 29.6 Å². The summed E-state index contributed by atoms with van der Waals surface area (Å²) in [5, 5.41) is 3.50. The van der Waals surface area contributed by atoms with E-state index in [0.29, 0.717) is 5.03 Å². The maximum absolute atomic E-state index is 13.1. The van der Waals surface area contributed by atoms with Gasteiger partial charge < -0.3 is 0 Å². The van der Waals surface area contributed by atoms with Crippen LogP contribution in [-0.2, 0) is 0 Å². The fourth-order valence-corrected chi connectivity index (χ4v) is 3.44. The summed E-state index contributed by atoms with van der Waals surface area (Å²) in [6.07, 6.45) is 1.45. The van der Waals surface area contributed by atoms with E-state index in [0.717, 1.165) is 22.3 Å². The van der Waals surface area contributed by atoms with Crippen molar-refractivity contribution in [2.75, 3.05) is 5.75 Å². The summed E-state index contributed by atoms with van der Waals surface area (Å²) in [6, 6.07) is 5.04. The molecule has 21 heavy (non-hydrogen) atoms. The number of Topliss-reactive ketones (excluding diaryl/α,β-unsaturated/α-hetero) is 1. The molecular formula is C14H8F2N2OS2. The van der Waals surface area contributed by atoms with Crippen LogP contribution in [0.1, 0.15) is 10.4 Å². The van der Waals surface area contributed by atoms with Gasteiger partial charge in [0.25, 0.3) is 0 Å². The van der Waals surface area contributed by atoms with Crippen molar-refractivity contribution in [1.82, 2.24) is 9.97 Å². The first-order valence-electron chi connectivity index (χ1n) is 5.94. The molecule has 2 heterocycles. The van der Waals surface area contributed by atoms with E-state index in [4.69, 9.17) is 0 Å². The number of hydrogen-bond acceptors (Lipinski definition) is 5. The molecular weight excluding hydrogens is 314 g/mol. The molecule has 2 aromatic heterocycles. The normalized spacial score (nSPS) is 11.0. The average Bonchev–Trinajstić information content (AvgIpc) is 2.96. The fraction of sp³-hybridized carbons (Fsp3) is 0.0714. The Labute approximate surface area is 127 Å².